The molecule has 4 aromatic rings. The van der Waals surface area contributed by atoms with E-state index in [0.717, 1.165) is 64.4 Å². The zero-order chi connectivity index (χ0) is 72.8. The van der Waals surface area contributed by atoms with E-state index in [4.69, 9.17) is 47.8 Å². The smallest absolute Gasteiger partial charge is 0.475 e. The summed E-state index contributed by atoms with van der Waals surface area (Å²) < 4.78 is 151. The van der Waals surface area contributed by atoms with Crippen molar-refractivity contribution >= 4 is 119 Å². The molecule has 4 N–H and O–H groups in total. The fourth-order valence-corrected chi connectivity index (χ4v) is 16.5. The Morgan fingerprint density at radius 2 is 0.937 bits per heavy atom. The molecule has 2 fully saturated rings. The molecular formula is C54H61Cl2F11N10O15S2Si. The van der Waals surface area contributed by atoms with Gasteiger partial charge in [-0.2, -0.15) is 39.5 Å². The monoisotopic (exact) mass is 1460 g/mol. The third-order valence-corrected chi connectivity index (χ3v) is 20.7. The molecule has 95 heavy (non-hydrogen) atoms. The van der Waals surface area contributed by atoms with Crippen molar-refractivity contribution in [3.05, 3.63) is 111 Å². The molecule has 2 atom stereocenters. The Morgan fingerprint density at radius 3 is 1.20 bits per heavy atom. The van der Waals surface area contributed by atoms with Crippen LogP contribution in [0.15, 0.2) is 65.6 Å². The van der Waals surface area contributed by atoms with Crippen molar-refractivity contribution in [2.45, 2.75) is 114 Å². The Kier molecular flexibility index (Phi) is 29.3. The van der Waals surface area contributed by atoms with Crippen LogP contribution in [0, 0.1) is 11.6 Å². The zero-order valence-corrected chi connectivity index (χ0v) is 56.0. The summed E-state index contributed by atoms with van der Waals surface area (Å²) in [6, 6.07) is 3.20. The summed E-state index contributed by atoms with van der Waals surface area (Å²) in [5, 5.41) is 15.1. The van der Waals surface area contributed by atoms with Crippen LogP contribution in [0.5, 0.6) is 0 Å². The first-order chi connectivity index (χ1) is 43.8. The Bertz CT molecular complexity index is 3640. The molecule has 2 saturated heterocycles. The number of esters is 2. The van der Waals surface area contributed by atoms with Crippen molar-refractivity contribution in [1.29, 1.82) is 0 Å². The molecule has 2 aromatic heterocycles. The largest absolute Gasteiger partial charge is 0.490 e. The van der Waals surface area contributed by atoms with Crippen LogP contribution < -0.4 is 33.3 Å². The number of halogens is 13. The molecule has 0 aliphatic carbocycles. The highest BCUT2D eigenvalue weighted by Crippen LogP contribution is 2.38. The summed E-state index contributed by atoms with van der Waals surface area (Å²) in [6.07, 6.45) is -15.9. The van der Waals surface area contributed by atoms with Crippen molar-refractivity contribution in [3.8, 4) is 11.4 Å². The maximum Gasteiger partial charge on any atom is 0.490 e. The van der Waals surface area contributed by atoms with Gasteiger partial charge in [0.2, 0.25) is 23.6 Å². The Balaban J connectivity index is 0.000000397. The van der Waals surface area contributed by atoms with E-state index in [0.29, 0.717) is 23.9 Å². The van der Waals surface area contributed by atoms with E-state index < -0.39 is 156 Å². The minimum absolute atomic E-state index is 0.0131. The highest BCUT2D eigenvalue weighted by molar-refractivity contribution is 8.15. The van der Waals surface area contributed by atoms with Gasteiger partial charge in [-0.15, -0.1) is 0 Å². The second-order valence-electron chi connectivity index (χ2n) is 20.8. The number of ether oxygens (including phenoxy) is 2. The molecule has 0 saturated carbocycles. The second kappa shape index (κ2) is 34.2. The molecule has 4 amide bonds. The minimum atomic E-state index is -5.08. The van der Waals surface area contributed by atoms with Crippen LogP contribution in [0.2, 0.25) is 26.7 Å². The average molecular weight is 1460 g/mol. The number of hydrogen-bond acceptors (Lipinski definition) is 18. The number of thioether (sulfide) groups is 2. The summed E-state index contributed by atoms with van der Waals surface area (Å²) >= 11 is 13.7. The number of aliphatic carboxylic acids is 1. The van der Waals surface area contributed by atoms with Crippen molar-refractivity contribution in [2.24, 2.45) is 24.1 Å². The van der Waals surface area contributed by atoms with Crippen LogP contribution in [0.3, 0.4) is 0 Å². The number of aliphatic imine (C=N–C) groups is 2. The van der Waals surface area contributed by atoms with Crippen LogP contribution in [0.25, 0.3) is 11.4 Å². The summed E-state index contributed by atoms with van der Waals surface area (Å²) in [4.78, 5) is 143. The number of carbonyl (C=O) groups is 7. The molecule has 4 heterocycles. The number of amidine groups is 2. The van der Waals surface area contributed by atoms with E-state index in [-0.39, 0.29) is 81.8 Å². The summed E-state index contributed by atoms with van der Waals surface area (Å²) in [5.41, 5.74) is -6.95. The molecule has 25 nitrogen and oxygen atoms in total. The lowest BCUT2D eigenvalue weighted by molar-refractivity contribution is -0.192. The standard InChI is InChI=1S/C22H20ClF4N5O6S.C21H18ClF4N5O7S.C9H22Si.C2HF3O2/c1-4-38-18(35)9-31-19(36)14(7-16(33)28-2)39-20(31)29-12-6-13(11(24)5-10(12)23)32-17(34)8-15(22(25,26)27)30(3)21(32)37;1-3-38-17(34)8-30-18(35)13(6-15(32)28-37)39-19(30)27-11-5-12(10(23)4-9(11)22)31-16(33)7-14(21(24,25)26)29(2)20(31)36;1-7(2)10(8(3)4)9(5)6;3-2(4,5)1(6)7/h5-6,8,14H,4,7,9H2,1-3H3,(H,28,33);4-5,7,13,37H,3,6,8H2,1-2H3,(H,28,32);7-10H,1-6H3;(H,6,7). The minimum Gasteiger partial charge on any atom is -0.475 e. The first-order valence-electron chi connectivity index (χ1n) is 27.5. The maximum absolute atomic E-state index is 14.9. The maximum atomic E-state index is 14.9. The SMILES string of the molecule is CC(C)[SiH](C(C)C)C(C)C.CCOC(=O)CN1C(=O)C(CC(=O)NC)SC1=Nc1cc(-n2c(=O)cc(C(F)(F)F)n(C)c2=O)c(F)cc1Cl.CCOC(=O)CN1C(=O)C(CC(=O)NO)SC1=Nc1cc(-n2c(=O)cc(C(F)(F)F)n(C)c2=O)c(F)cc1Cl.O=C(O)C(F)(F)F. The van der Waals surface area contributed by atoms with Crippen LogP contribution in [0.1, 0.15) is 79.6 Å². The lowest BCUT2D eigenvalue weighted by atomic mass is 10.2. The van der Waals surface area contributed by atoms with E-state index in [9.17, 15) is 96.2 Å². The number of nitrogens with one attached hydrogen (secondary N) is 2. The zero-order valence-electron chi connectivity index (χ0n) is 51.7. The van der Waals surface area contributed by atoms with Gasteiger partial charge in [-0.05, 0) is 38.1 Å². The van der Waals surface area contributed by atoms with E-state index in [1.54, 1.807) is 6.92 Å². The van der Waals surface area contributed by atoms with Crippen LogP contribution >= 0.6 is 46.7 Å². The molecule has 0 spiro atoms. The summed E-state index contributed by atoms with van der Waals surface area (Å²) in [6.45, 7) is 16.2. The van der Waals surface area contributed by atoms with E-state index in [2.05, 4.69) is 56.8 Å². The molecule has 0 radical (unpaired) electrons. The third-order valence-electron chi connectivity index (χ3n) is 13.1. The fourth-order valence-electron chi connectivity index (χ4n) is 9.22. The average Bonchev–Trinajstić information content (AvgIpc) is 1.38. The number of rotatable bonds is 17. The topological polar surface area (TPSA) is 322 Å². The number of carboxylic acid groups (broad SMARTS) is 1. The number of benzene rings is 2. The van der Waals surface area contributed by atoms with Crippen LogP contribution in [0.4, 0.5) is 59.7 Å². The van der Waals surface area contributed by atoms with Gasteiger partial charge in [-0.25, -0.2) is 47.8 Å². The number of amides is 4. The van der Waals surface area contributed by atoms with Crippen molar-refractivity contribution in [1.82, 2.24) is 38.9 Å². The summed E-state index contributed by atoms with van der Waals surface area (Å²) in [5.74, 6) is -9.66. The van der Waals surface area contributed by atoms with Gasteiger partial charge in [0.15, 0.2) is 10.3 Å². The van der Waals surface area contributed by atoms with Crippen molar-refractivity contribution in [3.63, 3.8) is 0 Å². The molecule has 524 valence electrons. The van der Waals surface area contributed by atoms with Gasteiger partial charge in [0, 0.05) is 54.9 Å². The fraction of sp³-hybridized carbons (Fsp3) is 0.463. The molecule has 2 unspecified atom stereocenters. The van der Waals surface area contributed by atoms with Gasteiger partial charge in [0.1, 0.15) is 46.6 Å². The van der Waals surface area contributed by atoms with Gasteiger partial charge in [0.05, 0.1) is 46.0 Å². The van der Waals surface area contributed by atoms with E-state index >= 15 is 0 Å². The predicted molar refractivity (Wildman–Crippen MR) is 328 cm³/mol. The number of hydroxylamine groups is 1. The molecule has 41 heteroatoms. The molecule has 2 aliphatic rings. The highest BCUT2D eigenvalue weighted by atomic mass is 35.5. The number of hydrogen-bond donors (Lipinski definition) is 4. The normalized spacial score (nSPS) is 15.8. The van der Waals surface area contributed by atoms with Gasteiger partial charge in [0.25, 0.3) is 11.1 Å². The molecule has 2 aromatic carbocycles. The molecule has 6 rings (SSSR count). The Hall–Kier alpha value is -7.88. The molecule has 0 bridgehead atoms. The van der Waals surface area contributed by atoms with Gasteiger partial charge in [-0.1, -0.05) is 105 Å². The number of carboxylic acids is 1. The highest BCUT2D eigenvalue weighted by Gasteiger charge is 2.43. The predicted octanol–water partition coefficient (Wildman–Crippen LogP) is 7.79. The van der Waals surface area contributed by atoms with Crippen molar-refractivity contribution < 1.29 is 102 Å². The van der Waals surface area contributed by atoms with Crippen LogP contribution in [-0.2, 0) is 69.5 Å². The lowest BCUT2D eigenvalue weighted by Crippen LogP contribution is -2.41. The first kappa shape index (κ1) is 81.4. The van der Waals surface area contributed by atoms with Crippen molar-refractivity contribution in [2.75, 3.05) is 33.4 Å². The second-order valence-corrected chi connectivity index (χ2v) is 29.1. The lowest BCUT2D eigenvalue weighted by Gasteiger charge is -2.26. The first-order valence-corrected chi connectivity index (χ1v) is 32.0. The number of alkyl halides is 9. The summed E-state index contributed by atoms with van der Waals surface area (Å²) in [7, 11) is 2.42. The van der Waals surface area contributed by atoms with E-state index in [1.807, 2.05) is 0 Å². The number of carbonyl (C=O) groups excluding carboxylic acids is 6. The van der Waals surface area contributed by atoms with Gasteiger partial charge in [-0.3, -0.25) is 62.5 Å². The Labute approximate surface area is 550 Å². The quantitative estimate of drug-likeness (QED) is 0.0258. The number of nitrogens with zero attached hydrogens (tertiary/aromatic N) is 8. The molecular weight excluding hydrogens is 1400 g/mol. The third kappa shape index (κ3) is 21.6. The van der Waals surface area contributed by atoms with E-state index in [1.165, 1.54) is 19.5 Å². The van der Waals surface area contributed by atoms with Gasteiger partial charge >= 0.3 is 47.8 Å². The number of aromatic nitrogens is 4. The van der Waals surface area contributed by atoms with Gasteiger partial charge < -0.3 is 19.9 Å². The Morgan fingerprint density at radius 1 is 0.611 bits per heavy atom. The van der Waals surface area contributed by atoms with Crippen LogP contribution in [-0.4, -0.2) is 149 Å². The molecule has 2 aliphatic heterocycles.